The number of ether oxygens (including phenoxy) is 2. The number of methoxy groups -OCH3 is 1. The first-order chi connectivity index (χ1) is 16.3. The van der Waals surface area contributed by atoms with Crippen molar-refractivity contribution in [3.63, 3.8) is 0 Å². The Balaban J connectivity index is 1.35. The van der Waals surface area contributed by atoms with E-state index in [0.29, 0.717) is 49.7 Å². The van der Waals surface area contributed by atoms with Crippen LogP contribution in [0.25, 0.3) is 0 Å². The monoisotopic (exact) mass is 487 g/mol. The van der Waals surface area contributed by atoms with Crippen molar-refractivity contribution in [2.75, 3.05) is 31.7 Å². The average molecular weight is 488 g/mol. The summed E-state index contributed by atoms with van der Waals surface area (Å²) in [5.74, 6) is 0.724. The van der Waals surface area contributed by atoms with Gasteiger partial charge in [-0.3, -0.25) is 9.59 Å². The Morgan fingerprint density at radius 1 is 0.971 bits per heavy atom. The normalized spacial score (nSPS) is 20.1. The van der Waals surface area contributed by atoms with Gasteiger partial charge in [-0.1, -0.05) is 0 Å². The fraction of sp³-hybridized carbons (Fsp3) is 0.417. The predicted octanol–water partition coefficient (Wildman–Crippen LogP) is 2.17. The maximum atomic E-state index is 13.0. The fourth-order valence-electron chi connectivity index (χ4n) is 4.34. The van der Waals surface area contributed by atoms with Crippen LogP contribution in [-0.2, 0) is 19.6 Å². The lowest BCUT2D eigenvalue weighted by Crippen LogP contribution is -2.49. The van der Waals surface area contributed by atoms with Crippen LogP contribution in [-0.4, -0.2) is 63.4 Å². The molecule has 0 bridgehead atoms. The van der Waals surface area contributed by atoms with Crippen molar-refractivity contribution in [3.8, 4) is 11.5 Å². The van der Waals surface area contributed by atoms with Crippen LogP contribution < -0.4 is 19.7 Å². The Labute approximate surface area is 199 Å². The number of sulfonamides is 1. The van der Waals surface area contributed by atoms with Gasteiger partial charge >= 0.3 is 0 Å². The molecule has 2 aliphatic heterocycles. The zero-order valence-electron chi connectivity index (χ0n) is 19.3. The Morgan fingerprint density at radius 3 is 2.18 bits per heavy atom. The summed E-state index contributed by atoms with van der Waals surface area (Å²) < 4.78 is 37.9. The number of piperidine rings is 1. The third-order valence-electron chi connectivity index (χ3n) is 6.14. The van der Waals surface area contributed by atoms with Crippen molar-refractivity contribution < 1.29 is 27.5 Å². The highest BCUT2D eigenvalue weighted by Crippen LogP contribution is 2.27. The van der Waals surface area contributed by atoms with Crippen LogP contribution in [0.15, 0.2) is 53.4 Å². The van der Waals surface area contributed by atoms with Crippen LogP contribution in [0.4, 0.5) is 5.69 Å². The summed E-state index contributed by atoms with van der Waals surface area (Å²) in [6, 6.07) is 12.5. The summed E-state index contributed by atoms with van der Waals surface area (Å²) in [7, 11) is -2.07. The number of carbonyl (C=O) groups excluding carboxylic acids is 2. The van der Waals surface area contributed by atoms with Gasteiger partial charge in [0.15, 0.2) is 0 Å². The van der Waals surface area contributed by atoms with E-state index in [4.69, 9.17) is 9.47 Å². The molecule has 2 aromatic rings. The van der Waals surface area contributed by atoms with E-state index in [0.717, 1.165) is 0 Å². The lowest BCUT2D eigenvalue weighted by molar-refractivity contribution is -0.121. The fourth-order valence-corrected chi connectivity index (χ4v) is 5.81. The number of nitrogens with zero attached hydrogens (tertiary/aromatic N) is 2. The Kier molecular flexibility index (Phi) is 7.20. The van der Waals surface area contributed by atoms with Crippen molar-refractivity contribution in [2.45, 2.75) is 43.2 Å². The van der Waals surface area contributed by atoms with Gasteiger partial charge in [-0.05, 0) is 68.3 Å². The van der Waals surface area contributed by atoms with Gasteiger partial charge in [0.2, 0.25) is 15.9 Å². The van der Waals surface area contributed by atoms with Gasteiger partial charge in [0.05, 0.1) is 36.8 Å². The number of benzene rings is 2. The minimum atomic E-state index is -3.60. The maximum absolute atomic E-state index is 13.0. The third kappa shape index (κ3) is 4.94. The molecule has 2 aliphatic rings. The summed E-state index contributed by atoms with van der Waals surface area (Å²) in [5, 5.41) is 3.28. The molecule has 0 saturated carbocycles. The highest BCUT2D eigenvalue weighted by Gasteiger charge is 2.41. The van der Waals surface area contributed by atoms with Gasteiger partial charge < -0.3 is 14.8 Å². The number of anilines is 1. The highest BCUT2D eigenvalue weighted by molar-refractivity contribution is 7.89. The molecule has 2 heterocycles. The van der Waals surface area contributed by atoms with Crippen LogP contribution in [0.5, 0.6) is 11.5 Å². The molecule has 0 spiro atoms. The molecule has 1 N–H and O–H groups in total. The van der Waals surface area contributed by atoms with Crippen molar-refractivity contribution >= 4 is 27.5 Å². The molecule has 2 fully saturated rings. The van der Waals surface area contributed by atoms with Gasteiger partial charge in [-0.25, -0.2) is 13.3 Å². The number of nitrogens with one attached hydrogen (secondary N) is 1. The summed E-state index contributed by atoms with van der Waals surface area (Å²) in [4.78, 5) is 27.0. The summed E-state index contributed by atoms with van der Waals surface area (Å²) in [6.07, 6.45) is 1.18. The smallest absolute Gasteiger partial charge is 0.251 e. The molecule has 0 aliphatic carbocycles. The third-order valence-corrected chi connectivity index (χ3v) is 8.05. The van der Waals surface area contributed by atoms with Gasteiger partial charge in [0.25, 0.3) is 5.91 Å². The minimum Gasteiger partial charge on any atom is -0.497 e. The zero-order chi connectivity index (χ0) is 24.3. The SMILES string of the molecule is CCOc1ccc(N2C(=O)C[C@H](NC3CCN(S(=O)(=O)c4ccc(OC)cc4)CC3)C2=O)cc1. The van der Waals surface area contributed by atoms with Gasteiger partial charge in [-0.2, -0.15) is 4.31 Å². The van der Waals surface area contributed by atoms with E-state index in [1.54, 1.807) is 36.4 Å². The number of carbonyl (C=O) groups is 2. The molecule has 0 unspecified atom stereocenters. The van der Waals surface area contributed by atoms with Crippen molar-refractivity contribution in [3.05, 3.63) is 48.5 Å². The standard InChI is InChI=1S/C24H29N3O6S/c1-3-33-20-6-4-18(5-7-20)27-23(28)16-22(24(27)29)25-17-12-14-26(15-13-17)34(30,31)21-10-8-19(32-2)9-11-21/h4-11,17,22,25H,3,12-16H2,1-2H3/t22-/m0/s1. The van der Waals surface area contributed by atoms with Crippen LogP contribution >= 0.6 is 0 Å². The van der Waals surface area contributed by atoms with E-state index in [9.17, 15) is 18.0 Å². The second-order valence-electron chi connectivity index (χ2n) is 8.27. The minimum absolute atomic E-state index is 0.0515. The number of imide groups is 1. The van der Waals surface area contributed by atoms with Crippen molar-refractivity contribution in [1.29, 1.82) is 0 Å². The van der Waals surface area contributed by atoms with E-state index >= 15 is 0 Å². The van der Waals surface area contributed by atoms with E-state index in [-0.39, 0.29) is 29.2 Å². The first-order valence-corrected chi connectivity index (χ1v) is 12.8. The van der Waals surface area contributed by atoms with Crippen LogP contribution in [0.1, 0.15) is 26.2 Å². The first kappa shape index (κ1) is 24.2. The van der Waals surface area contributed by atoms with Gasteiger partial charge in [0.1, 0.15) is 11.5 Å². The number of amides is 2. The topological polar surface area (TPSA) is 105 Å². The second kappa shape index (κ2) is 10.1. The molecule has 0 radical (unpaired) electrons. The molecule has 2 saturated heterocycles. The molecule has 10 heteroatoms. The van der Waals surface area contributed by atoms with Gasteiger partial charge in [-0.15, -0.1) is 0 Å². The van der Waals surface area contributed by atoms with Gasteiger partial charge in [0, 0.05) is 19.1 Å². The molecule has 34 heavy (non-hydrogen) atoms. The number of hydrogen-bond donors (Lipinski definition) is 1. The number of rotatable bonds is 8. The molecule has 0 aromatic heterocycles. The van der Waals surface area contributed by atoms with E-state index in [2.05, 4.69) is 5.32 Å². The van der Waals surface area contributed by atoms with E-state index in [1.807, 2.05) is 6.92 Å². The Bertz CT molecular complexity index is 1130. The maximum Gasteiger partial charge on any atom is 0.251 e. The molecular weight excluding hydrogens is 458 g/mol. The summed E-state index contributed by atoms with van der Waals surface area (Å²) >= 11 is 0. The number of hydrogen-bond acceptors (Lipinski definition) is 7. The van der Waals surface area contributed by atoms with Crippen molar-refractivity contribution in [1.82, 2.24) is 9.62 Å². The van der Waals surface area contributed by atoms with Crippen molar-refractivity contribution in [2.24, 2.45) is 0 Å². The molecule has 2 amide bonds. The lowest BCUT2D eigenvalue weighted by Gasteiger charge is -2.32. The van der Waals surface area contributed by atoms with Crippen LogP contribution in [0.2, 0.25) is 0 Å². The summed E-state index contributed by atoms with van der Waals surface area (Å²) in [5.41, 5.74) is 0.517. The Hall–Kier alpha value is -2.95. The highest BCUT2D eigenvalue weighted by atomic mass is 32.2. The first-order valence-electron chi connectivity index (χ1n) is 11.3. The molecule has 9 nitrogen and oxygen atoms in total. The predicted molar refractivity (Wildman–Crippen MR) is 126 cm³/mol. The van der Waals surface area contributed by atoms with Crippen LogP contribution in [0.3, 0.4) is 0 Å². The quantitative estimate of drug-likeness (QED) is 0.569. The van der Waals surface area contributed by atoms with Crippen LogP contribution in [0, 0.1) is 0 Å². The molecule has 4 rings (SSSR count). The largest absolute Gasteiger partial charge is 0.497 e. The second-order valence-corrected chi connectivity index (χ2v) is 10.2. The van der Waals surface area contributed by atoms with E-state index in [1.165, 1.54) is 28.4 Å². The molecular formula is C24H29N3O6S. The molecule has 1 atom stereocenters. The average Bonchev–Trinajstić information content (AvgIpc) is 3.12. The molecule has 2 aromatic carbocycles. The zero-order valence-corrected chi connectivity index (χ0v) is 20.1. The molecule has 182 valence electrons. The van der Waals surface area contributed by atoms with E-state index < -0.39 is 16.1 Å². The Morgan fingerprint density at radius 2 is 1.59 bits per heavy atom. The summed E-state index contributed by atoms with van der Waals surface area (Å²) in [6.45, 7) is 3.09. The lowest BCUT2D eigenvalue weighted by atomic mass is 10.1.